The van der Waals surface area contributed by atoms with Crippen LogP contribution in [0.5, 0.6) is 0 Å². The molecule has 6 nitrogen and oxygen atoms in total. The molecule has 3 rings (SSSR count). The molecule has 0 unspecified atom stereocenters. The highest BCUT2D eigenvalue weighted by atomic mass is 16.5. The van der Waals surface area contributed by atoms with Gasteiger partial charge in [-0.25, -0.2) is 9.59 Å². The highest BCUT2D eigenvalue weighted by molar-refractivity contribution is 5.96. The van der Waals surface area contributed by atoms with Crippen molar-refractivity contribution in [2.24, 2.45) is 0 Å². The molecule has 1 heterocycles. The van der Waals surface area contributed by atoms with Crippen molar-refractivity contribution < 1.29 is 18.7 Å². The van der Waals surface area contributed by atoms with Crippen LogP contribution in [0.2, 0.25) is 0 Å². The van der Waals surface area contributed by atoms with Gasteiger partial charge in [0.2, 0.25) is 0 Å². The zero-order valence-electron chi connectivity index (χ0n) is 14.8. The first kappa shape index (κ1) is 17.7. The van der Waals surface area contributed by atoms with Crippen molar-refractivity contribution in [2.45, 2.75) is 33.4 Å². The molecule has 0 N–H and O–H groups in total. The number of aromatic nitrogens is 1. The van der Waals surface area contributed by atoms with E-state index in [-0.39, 0.29) is 17.9 Å². The average Bonchev–Trinajstić information content (AvgIpc) is 2.89. The maximum absolute atomic E-state index is 12.2. The Morgan fingerprint density at radius 2 is 1.73 bits per heavy atom. The number of benzene rings is 2. The van der Waals surface area contributed by atoms with Crippen molar-refractivity contribution in [2.75, 3.05) is 0 Å². The summed E-state index contributed by atoms with van der Waals surface area (Å²) in [6.45, 7) is 5.34. The van der Waals surface area contributed by atoms with Crippen molar-refractivity contribution in [3.05, 3.63) is 69.7 Å². The van der Waals surface area contributed by atoms with Gasteiger partial charge in [0.1, 0.15) is 0 Å². The van der Waals surface area contributed by atoms with Crippen molar-refractivity contribution >= 4 is 22.9 Å². The number of hydrogen-bond donors (Lipinski definition) is 0. The summed E-state index contributed by atoms with van der Waals surface area (Å²) < 4.78 is 11.9. The number of Topliss-reactive ketones (excluding diaryl/α,β-unsaturated/α-hetero) is 1. The van der Waals surface area contributed by atoms with Crippen molar-refractivity contribution in [1.82, 2.24) is 4.57 Å². The molecule has 0 aliphatic heterocycles. The quantitative estimate of drug-likeness (QED) is 0.519. The molecule has 0 fully saturated rings. The fraction of sp³-hybridized carbons (Fsp3) is 0.250. The summed E-state index contributed by atoms with van der Waals surface area (Å²) >= 11 is 0. The zero-order chi connectivity index (χ0) is 18.8. The van der Waals surface area contributed by atoms with Gasteiger partial charge >= 0.3 is 11.7 Å². The topological polar surface area (TPSA) is 78.5 Å². The minimum absolute atomic E-state index is 0.0915. The van der Waals surface area contributed by atoms with Crippen LogP contribution in [0.3, 0.4) is 0 Å². The number of fused-ring (bicyclic) bond motifs is 1. The average molecular weight is 353 g/mol. The lowest BCUT2D eigenvalue weighted by Gasteiger charge is -2.08. The lowest BCUT2D eigenvalue weighted by atomic mass is 10.1. The lowest BCUT2D eigenvalue weighted by molar-refractivity contribution is 0.0378. The fourth-order valence-electron chi connectivity index (χ4n) is 2.65. The van der Waals surface area contributed by atoms with E-state index < -0.39 is 5.76 Å². The third kappa shape index (κ3) is 3.59. The van der Waals surface area contributed by atoms with Gasteiger partial charge in [0, 0.05) is 5.56 Å². The van der Waals surface area contributed by atoms with Gasteiger partial charge in [-0.05, 0) is 56.7 Å². The van der Waals surface area contributed by atoms with E-state index in [4.69, 9.17) is 9.15 Å². The largest absolute Gasteiger partial charge is 0.459 e. The van der Waals surface area contributed by atoms with Gasteiger partial charge in [0.25, 0.3) is 0 Å². The molecule has 0 atom stereocenters. The highest BCUT2D eigenvalue weighted by Crippen LogP contribution is 2.17. The second kappa shape index (κ2) is 7.00. The molecule has 1 aromatic heterocycles. The standard InChI is InChI=1S/C20H19NO5/c1-12(2)25-19(23)15-6-4-14(5-7-15)11-21-17-9-8-16(13(3)22)10-18(17)26-20(21)24/h4-10,12H,11H2,1-3H3. The van der Waals surface area contributed by atoms with Crippen molar-refractivity contribution in [3.63, 3.8) is 0 Å². The predicted molar refractivity (Wildman–Crippen MR) is 96.6 cm³/mol. The molecule has 0 saturated carbocycles. The van der Waals surface area contributed by atoms with Crippen LogP contribution in [0.25, 0.3) is 11.1 Å². The van der Waals surface area contributed by atoms with E-state index in [1.165, 1.54) is 11.5 Å². The van der Waals surface area contributed by atoms with Gasteiger partial charge in [-0.1, -0.05) is 12.1 Å². The molecule has 0 aliphatic carbocycles. The fourth-order valence-corrected chi connectivity index (χ4v) is 2.65. The van der Waals surface area contributed by atoms with E-state index >= 15 is 0 Å². The molecular formula is C20H19NO5. The Hall–Kier alpha value is -3.15. The number of carbonyl (C=O) groups excluding carboxylic acids is 2. The summed E-state index contributed by atoms with van der Waals surface area (Å²) in [6, 6.07) is 11.8. The molecule has 0 bridgehead atoms. The molecule has 0 aliphatic rings. The Morgan fingerprint density at radius 3 is 2.35 bits per heavy atom. The van der Waals surface area contributed by atoms with E-state index in [0.717, 1.165) is 5.56 Å². The van der Waals surface area contributed by atoms with Crippen molar-refractivity contribution in [3.8, 4) is 0 Å². The first-order valence-electron chi connectivity index (χ1n) is 8.29. The van der Waals surface area contributed by atoms with Crippen molar-refractivity contribution in [1.29, 1.82) is 0 Å². The molecular weight excluding hydrogens is 334 g/mol. The number of carbonyl (C=O) groups is 2. The number of rotatable bonds is 5. The van der Waals surface area contributed by atoms with Crippen LogP contribution >= 0.6 is 0 Å². The molecule has 0 spiro atoms. The van der Waals surface area contributed by atoms with E-state index in [0.29, 0.717) is 28.8 Å². The third-order valence-corrected chi connectivity index (χ3v) is 3.95. The molecule has 0 amide bonds. The molecule has 0 saturated heterocycles. The van der Waals surface area contributed by atoms with Crippen LogP contribution in [-0.2, 0) is 11.3 Å². The van der Waals surface area contributed by atoms with Gasteiger partial charge in [-0.15, -0.1) is 0 Å². The SMILES string of the molecule is CC(=O)c1ccc2c(c1)oc(=O)n2Cc1ccc(C(=O)OC(C)C)cc1. The van der Waals surface area contributed by atoms with E-state index in [1.807, 2.05) is 0 Å². The minimum atomic E-state index is -0.496. The number of oxazole rings is 1. The highest BCUT2D eigenvalue weighted by Gasteiger charge is 2.13. The summed E-state index contributed by atoms with van der Waals surface area (Å²) in [4.78, 5) is 35.5. The van der Waals surface area contributed by atoms with Gasteiger partial charge in [0.15, 0.2) is 11.4 Å². The molecule has 2 aromatic carbocycles. The minimum Gasteiger partial charge on any atom is -0.459 e. The Balaban J connectivity index is 1.87. The van der Waals surface area contributed by atoms with Gasteiger partial charge < -0.3 is 9.15 Å². The Labute approximate surface area is 150 Å². The second-order valence-corrected chi connectivity index (χ2v) is 6.34. The van der Waals surface area contributed by atoms with Crippen LogP contribution < -0.4 is 5.76 Å². The number of nitrogens with zero attached hydrogens (tertiary/aromatic N) is 1. The molecule has 134 valence electrons. The lowest BCUT2D eigenvalue weighted by Crippen LogP contribution is -2.15. The first-order chi connectivity index (χ1) is 12.3. The second-order valence-electron chi connectivity index (χ2n) is 6.34. The van der Waals surface area contributed by atoms with E-state index in [1.54, 1.807) is 56.3 Å². The number of esters is 1. The summed E-state index contributed by atoms with van der Waals surface area (Å²) in [6.07, 6.45) is -0.182. The van der Waals surface area contributed by atoms with Crippen LogP contribution in [0.15, 0.2) is 51.7 Å². The summed E-state index contributed by atoms with van der Waals surface area (Å²) in [5, 5.41) is 0. The molecule has 6 heteroatoms. The third-order valence-electron chi connectivity index (χ3n) is 3.95. The van der Waals surface area contributed by atoms with Crippen LogP contribution in [-0.4, -0.2) is 22.4 Å². The molecule has 0 radical (unpaired) electrons. The molecule has 3 aromatic rings. The van der Waals surface area contributed by atoms with Gasteiger partial charge in [-0.3, -0.25) is 9.36 Å². The van der Waals surface area contributed by atoms with Gasteiger partial charge in [0.05, 0.1) is 23.7 Å². The van der Waals surface area contributed by atoms with Crippen LogP contribution in [0, 0.1) is 0 Å². The Morgan fingerprint density at radius 1 is 1.08 bits per heavy atom. The first-order valence-corrected chi connectivity index (χ1v) is 8.29. The Bertz CT molecular complexity index is 1020. The zero-order valence-corrected chi connectivity index (χ0v) is 14.8. The normalized spacial score (nSPS) is 11.1. The maximum atomic E-state index is 12.2. The van der Waals surface area contributed by atoms with Gasteiger partial charge in [-0.2, -0.15) is 0 Å². The summed E-state index contributed by atoms with van der Waals surface area (Å²) in [5.74, 6) is -0.968. The monoisotopic (exact) mass is 353 g/mol. The number of ketones is 1. The Kier molecular flexibility index (Phi) is 4.75. The maximum Gasteiger partial charge on any atom is 0.420 e. The van der Waals surface area contributed by atoms with E-state index in [2.05, 4.69) is 0 Å². The molecule has 26 heavy (non-hydrogen) atoms. The smallest absolute Gasteiger partial charge is 0.420 e. The summed E-state index contributed by atoms with van der Waals surface area (Å²) in [5.41, 5.74) is 2.78. The summed E-state index contributed by atoms with van der Waals surface area (Å²) in [7, 11) is 0. The predicted octanol–water partition coefficient (Wildman–Crippen LogP) is 3.41. The van der Waals surface area contributed by atoms with Crippen LogP contribution in [0.4, 0.5) is 0 Å². The van der Waals surface area contributed by atoms with Crippen LogP contribution in [0.1, 0.15) is 47.1 Å². The number of hydrogen-bond acceptors (Lipinski definition) is 5. The van der Waals surface area contributed by atoms with E-state index in [9.17, 15) is 14.4 Å². The number of ether oxygens (including phenoxy) is 1.